The normalized spacial score (nSPS) is 24.6. The molecule has 7 nitrogen and oxygen atoms in total. The van der Waals surface area contributed by atoms with E-state index in [2.05, 4.69) is 5.32 Å². The second-order valence-electron chi connectivity index (χ2n) is 5.27. The summed E-state index contributed by atoms with van der Waals surface area (Å²) in [6, 6.07) is -0.993. The molecule has 2 N–H and O–H groups in total. The summed E-state index contributed by atoms with van der Waals surface area (Å²) >= 11 is 0. The number of carboxylic acids is 1. The maximum atomic E-state index is 12.5. The lowest BCUT2D eigenvalue weighted by Crippen LogP contribution is -2.51. The average molecular weight is 283 g/mol. The molecule has 2 saturated heterocycles. The third kappa shape index (κ3) is 3.40. The summed E-state index contributed by atoms with van der Waals surface area (Å²) in [5.41, 5.74) is 0. The van der Waals surface area contributed by atoms with Crippen LogP contribution in [0.3, 0.4) is 0 Å². The predicted molar refractivity (Wildman–Crippen MR) is 71.2 cm³/mol. The van der Waals surface area contributed by atoms with Crippen molar-refractivity contribution >= 4 is 17.9 Å². The predicted octanol–water partition coefficient (Wildman–Crippen LogP) is 0.258. The molecule has 0 radical (unpaired) electrons. The number of carbonyl (C=O) groups excluding carboxylic acids is 2. The first kappa shape index (κ1) is 14.6. The molecule has 0 aromatic heterocycles. The van der Waals surface area contributed by atoms with Gasteiger partial charge < -0.3 is 20.2 Å². The van der Waals surface area contributed by atoms with Crippen LogP contribution < -0.4 is 5.32 Å². The highest BCUT2D eigenvalue weighted by atomic mass is 16.4. The fourth-order valence-corrected chi connectivity index (χ4v) is 2.73. The molecule has 2 heterocycles. The number of aliphatic carboxylic acids is 1. The van der Waals surface area contributed by atoms with Crippen molar-refractivity contribution in [3.05, 3.63) is 0 Å². The van der Waals surface area contributed by atoms with Crippen LogP contribution in [0.25, 0.3) is 0 Å². The van der Waals surface area contributed by atoms with E-state index in [-0.39, 0.29) is 18.4 Å². The van der Waals surface area contributed by atoms with Gasteiger partial charge in [-0.05, 0) is 12.8 Å². The zero-order valence-corrected chi connectivity index (χ0v) is 11.5. The number of carboxylic acid groups (broad SMARTS) is 1. The molecule has 20 heavy (non-hydrogen) atoms. The van der Waals surface area contributed by atoms with Gasteiger partial charge in [0, 0.05) is 32.6 Å². The Bertz CT molecular complexity index is 399. The fourth-order valence-electron chi connectivity index (χ4n) is 2.73. The van der Waals surface area contributed by atoms with Gasteiger partial charge in [-0.15, -0.1) is 0 Å². The van der Waals surface area contributed by atoms with E-state index >= 15 is 0 Å². The van der Waals surface area contributed by atoms with Crippen LogP contribution in [0.4, 0.5) is 4.79 Å². The first-order valence-corrected chi connectivity index (χ1v) is 7.14. The van der Waals surface area contributed by atoms with Crippen molar-refractivity contribution < 1.29 is 19.5 Å². The lowest BCUT2D eigenvalue weighted by Gasteiger charge is -2.32. The third-order valence-corrected chi connectivity index (χ3v) is 3.87. The minimum absolute atomic E-state index is 0.0639. The molecule has 0 spiro atoms. The number of rotatable bonds is 1. The summed E-state index contributed by atoms with van der Waals surface area (Å²) in [5.74, 6) is -1.00. The van der Waals surface area contributed by atoms with E-state index in [1.165, 1.54) is 4.90 Å². The van der Waals surface area contributed by atoms with E-state index < -0.39 is 12.0 Å². The minimum atomic E-state index is -0.940. The van der Waals surface area contributed by atoms with E-state index in [1.807, 2.05) is 0 Å². The highest BCUT2D eigenvalue weighted by Gasteiger charge is 2.33. The van der Waals surface area contributed by atoms with Gasteiger partial charge in [0.15, 0.2) is 0 Å². The van der Waals surface area contributed by atoms with Crippen molar-refractivity contribution in [3.8, 4) is 0 Å². The number of carbonyl (C=O) groups is 3. The highest BCUT2D eigenvalue weighted by molar-refractivity contribution is 5.84. The van der Waals surface area contributed by atoms with Crippen LogP contribution >= 0.6 is 0 Å². The number of nitrogens with zero attached hydrogens (tertiary/aromatic N) is 2. The first-order chi connectivity index (χ1) is 9.59. The Morgan fingerprint density at radius 1 is 1.15 bits per heavy atom. The number of hydrogen-bond donors (Lipinski definition) is 2. The van der Waals surface area contributed by atoms with E-state index in [4.69, 9.17) is 0 Å². The summed E-state index contributed by atoms with van der Waals surface area (Å²) in [4.78, 5) is 38.2. The van der Waals surface area contributed by atoms with Crippen LogP contribution in [0.1, 0.15) is 32.1 Å². The SMILES string of the molecule is O=C1CCN(C(=O)N2CCCCCC2C(=O)O)CCN1. The van der Waals surface area contributed by atoms with E-state index in [9.17, 15) is 19.5 Å². The maximum absolute atomic E-state index is 12.5. The molecule has 112 valence electrons. The summed E-state index contributed by atoms with van der Waals surface area (Å²) in [5, 5.41) is 12.0. The van der Waals surface area contributed by atoms with Crippen molar-refractivity contribution in [3.63, 3.8) is 0 Å². The molecule has 0 aromatic rings. The van der Waals surface area contributed by atoms with Gasteiger partial charge in [-0.1, -0.05) is 12.8 Å². The summed E-state index contributed by atoms with van der Waals surface area (Å²) in [6.07, 6.45) is 3.40. The van der Waals surface area contributed by atoms with Gasteiger partial charge in [-0.3, -0.25) is 4.79 Å². The van der Waals surface area contributed by atoms with E-state index in [0.29, 0.717) is 32.6 Å². The quantitative estimate of drug-likeness (QED) is 0.722. The van der Waals surface area contributed by atoms with Crippen LogP contribution in [-0.2, 0) is 9.59 Å². The van der Waals surface area contributed by atoms with Gasteiger partial charge in [0.1, 0.15) is 6.04 Å². The van der Waals surface area contributed by atoms with Gasteiger partial charge in [-0.25, -0.2) is 9.59 Å². The molecule has 0 aliphatic carbocycles. The summed E-state index contributed by atoms with van der Waals surface area (Å²) in [6.45, 7) is 1.70. The average Bonchev–Trinajstić information content (AvgIpc) is 2.78. The van der Waals surface area contributed by atoms with Gasteiger partial charge in [0.25, 0.3) is 0 Å². The Labute approximate surface area is 117 Å². The van der Waals surface area contributed by atoms with E-state index in [0.717, 1.165) is 19.3 Å². The van der Waals surface area contributed by atoms with Crippen LogP contribution in [-0.4, -0.2) is 65.0 Å². The van der Waals surface area contributed by atoms with Crippen LogP contribution in [0, 0.1) is 0 Å². The standard InChI is InChI=1S/C13H21N3O4/c17-11-5-8-15(9-6-14-11)13(20)16-7-3-1-2-4-10(16)12(18)19/h10H,1-9H2,(H,14,17)(H,18,19). The number of urea groups is 1. The van der Waals surface area contributed by atoms with Crippen molar-refractivity contribution in [2.75, 3.05) is 26.2 Å². The minimum Gasteiger partial charge on any atom is -0.480 e. The number of likely N-dealkylation sites (tertiary alicyclic amines) is 1. The molecular formula is C13H21N3O4. The van der Waals surface area contributed by atoms with Crippen molar-refractivity contribution in [1.82, 2.24) is 15.1 Å². The Morgan fingerprint density at radius 3 is 2.70 bits per heavy atom. The Balaban J connectivity index is 2.07. The van der Waals surface area contributed by atoms with Gasteiger partial charge in [-0.2, -0.15) is 0 Å². The molecule has 0 saturated carbocycles. The highest BCUT2D eigenvalue weighted by Crippen LogP contribution is 2.19. The molecule has 7 heteroatoms. The second kappa shape index (κ2) is 6.58. The molecule has 2 aliphatic heterocycles. The molecule has 3 amide bonds. The molecular weight excluding hydrogens is 262 g/mol. The van der Waals surface area contributed by atoms with Gasteiger partial charge in [0.05, 0.1) is 0 Å². The topological polar surface area (TPSA) is 90.0 Å². The Kier molecular flexibility index (Phi) is 4.81. The van der Waals surface area contributed by atoms with Gasteiger partial charge in [0.2, 0.25) is 5.91 Å². The van der Waals surface area contributed by atoms with Crippen molar-refractivity contribution in [2.45, 2.75) is 38.1 Å². The molecule has 2 aliphatic rings. The monoisotopic (exact) mass is 283 g/mol. The summed E-state index contributed by atoms with van der Waals surface area (Å²) in [7, 11) is 0. The maximum Gasteiger partial charge on any atom is 0.326 e. The second-order valence-corrected chi connectivity index (χ2v) is 5.27. The number of nitrogens with one attached hydrogen (secondary N) is 1. The van der Waals surface area contributed by atoms with Crippen molar-refractivity contribution in [2.24, 2.45) is 0 Å². The Hall–Kier alpha value is -1.79. The third-order valence-electron chi connectivity index (χ3n) is 3.87. The number of hydrogen-bond acceptors (Lipinski definition) is 3. The summed E-state index contributed by atoms with van der Waals surface area (Å²) < 4.78 is 0. The molecule has 1 atom stereocenters. The number of amides is 3. The van der Waals surface area contributed by atoms with Gasteiger partial charge >= 0.3 is 12.0 Å². The zero-order valence-electron chi connectivity index (χ0n) is 11.5. The van der Waals surface area contributed by atoms with Crippen molar-refractivity contribution in [1.29, 1.82) is 0 Å². The zero-order chi connectivity index (χ0) is 14.5. The molecule has 0 bridgehead atoms. The Morgan fingerprint density at radius 2 is 1.95 bits per heavy atom. The largest absolute Gasteiger partial charge is 0.480 e. The van der Waals surface area contributed by atoms with E-state index in [1.54, 1.807) is 4.90 Å². The van der Waals surface area contributed by atoms with Crippen LogP contribution in [0.5, 0.6) is 0 Å². The molecule has 2 fully saturated rings. The molecule has 2 rings (SSSR count). The lowest BCUT2D eigenvalue weighted by atomic mass is 10.1. The lowest BCUT2D eigenvalue weighted by molar-refractivity contribution is -0.142. The smallest absolute Gasteiger partial charge is 0.326 e. The van der Waals surface area contributed by atoms with Crippen LogP contribution in [0.15, 0.2) is 0 Å². The molecule has 1 unspecified atom stereocenters. The fraction of sp³-hybridized carbons (Fsp3) is 0.769. The first-order valence-electron chi connectivity index (χ1n) is 7.14. The molecule has 0 aromatic carbocycles. The van der Waals surface area contributed by atoms with Crippen LogP contribution in [0.2, 0.25) is 0 Å².